The average Bonchev–Trinajstić information content (AvgIpc) is 3.13. The maximum Gasteiger partial charge on any atom is 0.257 e. The topological polar surface area (TPSA) is 89.1 Å². The normalized spacial score (nSPS) is 10.4. The number of H-pyrrole nitrogens is 1. The second-order valence-electron chi connectivity index (χ2n) is 5.38. The van der Waals surface area contributed by atoms with E-state index >= 15 is 0 Å². The second kappa shape index (κ2) is 8.15. The first-order valence-electron chi connectivity index (χ1n) is 8.38. The summed E-state index contributed by atoms with van der Waals surface area (Å²) in [5, 5.41) is 9.81. The van der Waals surface area contributed by atoms with Crippen LogP contribution in [0.15, 0.2) is 48.8 Å². The van der Waals surface area contributed by atoms with Crippen molar-refractivity contribution in [3.05, 3.63) is 54.4 Å². The van der Waals surface area contributed by atoms with Gasteiger partial charge in [0.05, 0.1) is 18.9 Å². The Morgan fingerprint density at radius 2 is 1.77 bits per heavy atom. The fourth-order valence-corrected chi connectivity index (χ4v) is 2.45. The SMILES string of the molecule is CCOc1ccc(C(=O)Nc2cc(-c3ccncc3)[nH]n2)cc1OCC. The summed E-state index contributed by atoms with van der Waals surface area (Å²) in [7, 11) is 0. The molecule has 0 spiro atoms. The van der Waals surface area contributed by atoms with Crippen molar-refractivity contribution in [2.45, 2.75) is 13.8 Å². The summed E-state index contributed by atoms with van der Waals surface area (Å²) in [4.78, 5) is 16.5. The Bertz CT molecular complexity index is 878. The van der Waals surface area contributed by atoms with E-state index in [2.05, 4.69) is 20.5 Å². The van der Waals surface area contributed by atoms with Crippen LogP contribution < -0.4 is 14.8 Å². The van der Waals surface area contributed by atoms with Gasteiger partial charge in [-0.15, -0.1) is 0 Å². The molecule has 0 fully saturated rings. The number of ether oxygens (including phenoxy) is 2. The Balaban J connectivity index is 1.76. The van der Waals surface area contributed by atoms with Crippen LogP contribution in [0.3, 0.4) is 0 Å². The van der Waals surface area contributed by atoms with E-state index in [0.717, 1.165) is 11.3 Å². The standard InChI is InChI=1S/C19H20N4O3/c1-3-25-16-6-5-14(11-17(16)26-4-2)19(24)21-18-12-15(22-23-18)13-7-9-20-10-8-13/h5-12H,3-4H2,1-2H3,(H2,21,22,23,24). The molecule has 0 saturated carbocycles. The molecule has 1 amide bonds. The third-order valence-electron chi connectivity index (χ3n) is 3.62. The van der Waals surface area contributed by atoms with Crippen LogP contribution in [0.25, 0.3) is 11.3 Å². The maximum absolute atomic E-state index is 12.5. The molecule has 0 saturated heterocycles. The number of carbonyl (C=O) groups is 1. The van der Waals surface area contributed by atoms with Crippen molar-refractivity contribution in [1.29, 1.82) is 0 Å². The second-order valence-corrected chi connectivity index (χ2v) is 5.38. The molecule has 0 radical (unpaired) electrons. The van der Waals surface area contributed by atoms with Crippen molar-refractivity contribution >= 4 is 11.7 Å². The molecule has 0 atom stereocenters. The van der Waals surface area contributed by atoms with Crippen LogP contribution in [0.5, 0.6) is 11.5 Å². The number of aromatic nitrogens is 3. The molecular weight excluding hydrogens is 332 g/mol. The van der Waals surface area contributed by atoms with Crippen molar-refractivity contribution in [2.75, 3.05) is 18.5 Å². The first-order chi connectivity index (χ1) is 12.7. The molecule has 2 aromatic heterocycles. The molecule has 3 rings (SSSR count). The minimum atomic E-state index is -0.276. The first kappa shape index (κ1) is 17.5. The molecule has 0 bridgehead atoms. The summed E-state index contributed by atoms with van der Waals surface area (Å²) in [6.45, 7) is 4.79. The number of aromatic amines is 1. The van der Waals surface area contributed by atoms with Gasteiger partial charge in [-0.2, -0.15) is 5.10 Å². The molecule has 0 unspecified atom stereocenters. The lowest BCUT2D eigenvalue weighted by atomic mass is 10.2. The van der Waals surface area contributed by atoms with Gasteiger partial charge in [0.15, 0.2) is 17.3 Å². The van der Waals surface area contributed by atoms with Crippen LogP contribution in [-0.2, 0) is 0 Å². The Hall–Kier alpha value is -3.35. The Kier molecular flexibility index (Phi) is 5.48. The summed E-state index contributed by atoms with van der Waals surface area (Å²) in [6.07, 6.45) is 3.40. The largest absolute Gasteiger partial charge is 0.490 e. The van der Waals surface area contributed by atoms with Crippen LogP contribution in [-0.4, -0.2) is 34.3 Å². The highest BCUT2D eigenvalue weighted by Crippen LogP contribution is 2.29. The highest BCUT2D eigenvalue weighted by molar-refractivity contribution is 6.04. The van der Waals surface area contributed by atoms with Crippen LogP contribution in [0, 0.1) is 0 Å². The van der Waals surface area contributed by atoms with Gasteiger partial charge in [-0.1, -0.05) is 0 Å². The lowest BCUT2D eigenvalue weighted by Gasteiger charge is -2.12. The minimum Gasteiger partial charge on any atom is -0.490 e. The van der Waals surface area contributed by atoms with E-state index in [1.165, 1.54) is 0 Å². The molecule has 134 valence electrons. The number of carbonyl (C=O) groups excluding carboxylic acids is 1. The molecule has 0 aliphatic heterocycles. The number of rotatable bonds is 7. The van der Waals surface area contributed by atoms with Gasteiger partial charge in [-0.05, 0) is 44.2 Å². The van der Waals surface area contributed by atoms with Crippen LogP contribution >= 0.6 is 0 Å². The first-order valence-corrected chi connectivity index (χ1v) is 8.38. The number of nitrogens with one attached hydrogen (secondary N) is 2. The van der Waals surface area contributed by atoms with E-state index in [9.17, 15) is 4.79 Å². The Labute approximate surface area is 151 Å². The average molecular weight is 352 g/mol. The number of hydrogen-bond acceptors (Lipinski definition) is 5. The number of hydrogen-bond donors (Lipinski definition) is 2. The van der Waals surface area contributed by atoms with Gasteiger partial charge in [0.25, 0.3) is 5.91 Å². The van der Waals surface area contributed by atoms with Crippen molar-refractivity contribution in [1.82, 2.24) is 15.2 Å². The van der Waals surface area contributed by atoms with E-state index in [4.69, 9.17) is 9.47 Å². The lowest BCUT2D eigenvalue weighted by molar-refractivity contribution is 0.102. The molecule has 2 N–H and O–H groups in total. The third kappa shape index (κ3) is 4.00. The van der Waals surface area contributed by atoms with Crippen LogP contribution in [0.4, 0.5) is 5.82 Å². The summed E-state index contributed by atoms with van der Waals surface area (Å²) < 4.78 is 11.1. The van der Waals surface area contributed by atoms with E-state index in [0.29, 0.717) is 36.1 Å². The molecular formula is C19H20N4O3. The zero-order valence-electron chi connectivity index (χ0n) is 14.7. The van der Waals surface area contributed by atoms with Gasteiger partial charge < -0.3 is 14.8 Å². The predicted octanol–water partition coefficient (Wildman–Crippen LogP) is 3.52. The monoisotopic (exact) mass is 352 g/mol. The quantitative estimate of drug-likeness (QED) is 0.679. The zero-order valence-corrected chi connectivity index (χ0v) is 14.7. The number of nitrogens with zero attached hydrogens (tertiary/aromatic N) is 2. The van der Waals surface area contributed by atoms with Gasteiger partial charge in [0, 0.05) is 29.6 Å². The fraction of sp³-hybridized carbons (Fsp3) is 0.211. The van der Waals surface area contributed by atoms with E-state index in [1.54, 1.807) is 36.7 Å². The molecule has 26 heavy (non-hydrogen) atoms. The third-order valence-corrected chi connectivity index (χ3v) is 3.62. The summed E-state index contributed by atoms with van der Waals surface area (Å²) in [5.74, 6) is 1.32. The highest BCUT2D eigenvalue weighted by Gasteiger charge is 2.13. The summed E-state index contributed by atoms with van der Waals surface area (Å²) in [5.41, 5.74) is 2.20. The van der Waals surface area contributed by atoms with Crippen molar-refractivity contribution in [3.63, 3.8) is 0 Å². The number of anilines is 1. The minimum absolute atomic E-state index is 0.276. The van der Waals surface area contributed by atoms with Crippen molar-refractivity contribution in [3.8, 4) is 22.8 Å². The zero-order chi connectivity index (χ0) is 18.4. The smallest absolute Gasteiger partial charge is 0.257 e. The molecule has 1 aromatic carbocycles. The van der Waals surface area contributed by atoms with Gasteiger partial charge in [-0.3, -0.25) is 14.9 Å². The van der Waals surface area contributed by atoms with Gasteiger partial charge >= 0.3 is 0 Å². The number of benzene rings is 1. The van der Waals surface area contributed by atoms with E-state index < -0.39 is 0 Å². The molecule has 2 heterocycles. The molecule has 7 heteroatoms. The summed E-state index contributed by atoms with van der Waals surface area (Å²) in [6, 6.07) is 10.6. The number of amides is 1. The van der Waals surface area contributed by atoms with E-state index in [1.807, 2.05) is 26.0 Å². The van der Waals surface area contributed by atoms with Crippen LogP contribution in [0.1, 0.15) is 24.2 Å². The Morgan fingerprint density at radius 1 is 1.04 bits per heavy atom. The maximum atomic E-state index is 12.5. The highest BCUT2D eigenvalue weighted by atomic mass is 16.5. The van der Waals surface area contributed by atoms with Gasteiger partial charge in [0.2, 0.25) is 0 Å². The molecule has 0 aliphatic carbocycles. The fourth-order valence-electron chi connectivity index (χ4n) is 2.45. The predicted molar refractivity (Wildman–Crippen MR) is 98.6 cm³/mol. The van der Waals surface area contributed by atoms with Crippen LogP contribution in [0.2, 0.25) is 0 Å². The molecule has 3 aromatic rings. The van der Waals surface area contributed by atoms with Crippen molar-refractivity contribution in [2.24, 2.45) is 0 Å². The number of pyridine rings is 1. The Morgan fingerprint density at radius 3 is 2.50 bits per heavy atom. The van der Waals surface area contributed by atoms with Gasteiger partial charge in [-0.25, -0.2) is 0 Å². The van der Waals surface area contributed by atoms with Gasteiger partial charge in [0.1, 0.15) is 0 Å². The molecule has 0 aliphatic rings. The van der Waals surface area contributed by atoms with Crippen molar-refractivity contribution < 1.29 is 14.3 Å². The lowest BCUT2D eigenvalue weighted by Crippen LogP contribution is -2.12. The van der Waals surface area contributed by atoms with E-state index in [-0.39, 0.29) is 5.91 Å². The summed E-state index contributed by atoms with van der Waals surface area (Å²) >= 11 is 0. The molecule has 7 nitrogen and oxygen atoms in total.